The van der Waals surface area contributed by atoms with Gasteiger partial charge in [-0.25, -0.2) is 0 Å². The van der Waals surface area contributed by atoms with Gasteiger partial charge in [0.25, 0.3) is 0 Å². The number of nitrogens with two attached hydrogens (primary N) is 1. The normalized spacial score (nSPS) is 25.9. The van der Waals surface area contributed by atoms with Crippen molar-refractivity contribution in [2.45, 2.75) is 38.3 Å². The first-order valence-electron chi connectivity index (χ1n) is 5.97. The molecule has 4 heteroatoms. The Hall–Kier alpha value is -0.0900. The zero-order valence-electron chi connectivity index (χ0n) is 9.42. The number of hydrogen-bond acceptors (Lipinski definition) is 3. The second-order valence-corrected chi connectivity index (χ2v) is 6.27. The Balaban J connectivity index is 1.84. The molecule has 1 fully saturated rings. The van der Waals surface area contributed by atoms with Gasteiger partial charge in [0.15, 0.2) is 0 Å². The Morgan fingerprint density at radius 1 is 1.38 bits per heavy atom. The Morgan fingerprint density at radius 2 is 2.19 bits per heavy atom. The SMILES string of the molecule is NCC1CCCCC1NCc1ccc(Cl)s1. The summed E-state index contributed by atoms with van der Waals surface area (Å²) in [5, 5.41) is 3.62. The maximum Gasteiger partial charge on any atom is 0.0931 e. The van der Waals surface area contributed by atoms with E-state index in [9.17, 15) is 0 Å². The molecule has 16 heavy (non-hydrogen) atoms. The molecule has 1 aromatic rings. The minimum atomic E-state index is 0.597. The number of rotatable bonds is 4. The lowest BCUT2D eigenvalue weighted by molar-refractivity contribution is 0.267. The average molecular weight is 259 g/mol. The van der Waals surface area contributed by atoms with Gasteiger partial charge >= 0.3 is 0 Å². The highest BCUT2D eigenvalue weighted by molar-refractivity contribution is 7.16. The Labute approximate surface area is 106 Å². The molecule has 0 aliphatic heterocycles. The second-order valence-electron chi connectivity index (χ2n) is 4.47. The van der Waals surface area contributed by atoms with Crippen LogP contribution in [0.2, 0.25) is 4.34 Å². The van der Waals surface area contributed by atoms with Crippen LogP contribution < -0.4 is 11.1 Å². The zero-order valence-corrected chi connectivity index (χ0v) is 11.0. The van der Waals surface area contributed by atoms with Gasteiger partial charge in [0.2, 0.25) is 0 Å². The molecule has 2 nitrogen and oxygen atoms in total. The average Bonchev–Trinajstić information content (AvgIpc) is 2.73. The molecule has 1 heterocycles. The minimum absolute atomic E-state index is 0.597. The fraction of sp³-hybridized carbons (Fsp3) is 0.667. The second kappa shape index (κ2) is 6.01. The number of thiophene rings is 1. The monoisotopic (exact) mass is 258 g/mol. The topological polar surface area (TPSA) is 38.0 Å². The van der Waals surface area contributed by atoms with Gasteiger partial charge in [-0.15, -0.1) is 11.3 Å². The van der Waals surface area contributed by atoms with E-state index < -0.39 is 0 Å². The van der Waals surface area contributed by atoms with Gasteiger partial charge in [0, 0.05) is 17.5 Å². The lowest BCUT2D eigenvalue weighted by atomic mass is 9.84. The third-order valence-electron chi connectivity index (χ3n) is 3.38. The first-order valence-corrected chi connectivity index (χ1v) is 7.16. The van der Waals surface area contributed by atoms with Crippen LogP contribution in [0.1, 0.15) is 30.6 Å². The molecule has 2 rings (SSSR count). The van der Waals surface area contributed by atoms with Gasteiger partial charge in [-0.05, 0) is 37.4 Å². The first kappa shape index (κ1) is 12.4. The molecule has 2 unspecified atom stereocenters. The highest BCUT2D eigenvalue weighted by Gasteiger charge is 2.23. The van der Waals surface area contributed by atoms with Crippen molar-refractivity contribution in [1.82, 2.24) is 5.32 Å². The van der Waals surface area contributed by atoms with E-state index in [1.165, 1.54) is 30.6 Å². The molecular formula is C12H19ClN2S. The van der Waals surface area contributed by atoms with Gasteiger partial charge in [0.05, 0.1) is 4.34 Å². The van der Waals surface area contributed by atoms with Crippen LogP contribution in [0.4, 0.5) is 0 Å². The summed E-state index contributed by atoms with van der Waals surface area (Å²) in [6.07, 6.45) is 5.21. The predicted molar refractivity (Wildman–Crippen MR) is 71.0 cm³/mol. The Morgan fingerprint density at radius 3 is 2.88 bits per heavy atom. The summed E-state index contributed by atoms with van der Waals surface area (Å²) in [5.74, 6) is 0.657. The standard InChI is InChI=1S/C12H19ClN2S/c13-12-6-5-10(16-12)8-15-11-4-2-1-3-9(11)7-14/h5-6,9,11,15H,1-4,7-8,14H2. The van der Waals surface area contributed by atoms with E-state index in [-0.39, 0.29) is 0 Å². The van der Waals surface area contributed by atoms with Crippen molar-refractivity contribution < 1.29 is 0 Å². The minimum Gasteiger partial charge on any atom is -0.330 e. The van der Waals surface area contributed by atoms with Crippen molar-refractivity contribution >= 4 is 22.9 Å². The number of hydrogen-bond donors (Lipinski definition) is 2. The largest absolute Gasteiger partial charge is 0.330 e. The Kier molecular flexibility index (Phi) is 4.65. The quantitative estimate of drug-likeness (QED) is 0.871. The van der Waals surface area contributed by atoms with Crippen LogP contribution in [0.5, 0.6) is 0 Å². The van der Waals surface area contributed by atoms with Crippen molar-refractivity contribution in [3.63, 3.8) is 0 Å². The van der Waals surface area contributed by atoms with Crippen LogP contribution in [0.15, 0.2) is 12.1 Å². The van der Waals surface area contributed by atoms with Crippen molar-refractivity contribution in [1.29, 1.82) is 0 Å². The van der Waals surface area contributed by atoms with E-state index in [4.69, 9.17) is 17.3 Å². The van der Waals surface area contributed by atoms with E-state index in [0.29, 0.717) is 12.0 Å². The summed E-state index contributed by atoms with van der Waals surface area (Å²) in [7, 11) is 0. The van der Waals surface area contributed by atoms with Crippen molar-refractivity contribution in [3.05, 3.63) is 21.3 Å². The zero-order chi connectivity index (χ0) is 11.4. The van der Waals surface area contributed by atoms with E-state index >= 15 is 0 Å². The maximum atomic E-state index is 5.91. The molecule has 1 saturated carbocycles. The molecule has 1 aromatic heterocycles. The summed E-state index contributed by atoms with van der Waals surface area (Å²) in [4.78, 5) is 1.31. The molecular weight excluding hydrogens is 240 g/mol. The third kappa shape index (κ3) is 3.20. The van der Waals surface area contributed by atoms with Gasteiger partial charge in [-0.3, -0.25) is 0 Å². The van der Waals surface area contributed by atoms with Crippen LogP contribution in [0.25, 0.3) is 0 Å². The summed E-state index contributed by atoms with van der Waals surface area (Å²) in [5.41, 5.74) is 5.81. The highest BCUT2D eigenvalue weighted by Crippen LogP contribution is 2.25. The summed E-state index contributed by atoms with van der Waals surface area (Å²) < 4.78 is 0.871. The van der Waals surface area contributed by atoms with E-state index in [0.717, 1.165) is 17.4 Å². The Bertz CT molecular complexity index is 327. The van der Waals surface area contributed by atoms with Crippen LogP contribution in [-0.4, -0.2) is 12.6 Å². The van der Waals surface area contributed by atoms with Crippen LogP contribution in [0.3, 0.4) is 0 Å². The van der Waals surface area contributed by atoms with Gasteiger partial charge in [-0.2, -0.15) is 0 Å². The lowest BCUT2D eigenvalue weighted by Crippen LogP contribution is -2.41. The highest BCUT2D eigenvalue weighted by atomic mass is 35.5. The molecule has 1 aliphatic carbocycles. The van der Waals surface area contributed by atoms with Gasteiger partial charge in [-0.1, -0.05) is 24.4 Å². The van der Waals surface area contributed by atoms with E-state index in [2.05, 4.69) is 11.4 Å². The summed E-state index contributed by atoms with van der Waals surface area (Å²) in [6.45, 7) is 1.74. The molecule has 0 amide bonds. The molecule has 1 aliphatic rings. The third-order valence-corrected chi connectivity index (χ3v) is 4.61. The fourth-order valence-electron chi connectivity index (χ4n) is 2.44. The molecule has 3 N–H and O–H groups in total. The smallest absolute Gasteiger partial charge is 0.0931 e. The molecule has 0 bridgehead atoms. The predicted octanol–water partition coefficient (Wildman–Crippen LogP) is 3.01. The molecule has 0 saturated heterocycles. The molecule has 0 radical (unpaired) electrons. The van der Waals surface area contributed by atoms with Crippen molar-refractivity contribution in [3.8, 4) is 0 Å². The molecule has 2 atom stereocenters. The van der Waals surface area contributed by atoms with Gasteiger partial charge < -0.3 is 11.1 Å². The lowest BCUT2D eigenvalue weighted by Gasteiger charge is -2.31. The number of nitrogens with one attached hydrogen (secondary N) is 1. The summed E-state index contributed by atoms with van der Waals surface area (Å²) in [6, 6.07) is 4.66. The summed E-state index contributed by atoms with van der Waals surface area (Å²) >= 11 is 7.57. The van der Waals surface area contributed by atoms with E-state index in [1.54, 1.807) is 11.3 Å². The van der Waals surface area contributed by atoms with Gasteiger partial charge in [0.1, 0.15) is 0 Å². The fourth-order valence-corrected chi connectivity index (χ4v) is 3.48. The maximum absolute atomic E-state index is 5.91. The molecule has 90 valence electrons. The number of halogens is 1. The molecule has 0 aromatic carbocycles. The van der Waals surface area contributed by atoms with Crippen LogP contribution in [-0.2, 0) is 6.54 Å². The van der Waals surface area contributed by atoms with E-state index in [1.807, 2.05) is 6.07 Å². The van der Waals surface area contributed by atoms with Crippen LogP contribution >= 0.6 is 22.9 Å². The van der Waals surface area contributed by atoms with Crippen LogP contribution in [0, 0.1) is 5.92 Å². The van der Waals surface area contributed by atoms with Crippen molar-refractivity contribution in [2.24, 2.45) is 11.7 Å². The van der Waals surface area contributed by atoms with Crippen molar-refractivity contribution in [2.75, 3.05) is 6.54 Å². The molecule has 0 spiro atoms. The first-order chi connectivity index (χ1) is 7.79.